The maximum absolute atomic E-state index is 5.72. The average Bonchev–Trinajstić information content (AvgIpc) is 2.72. The SMILES string of the molecule is COc1ccc2cccc3c2c1C(CCN)C3. The number of nitrogens with two attached hydrogens (primary N) is 1. The Kier molecular flexibility index (Phi) is 2.52. The van der Waals surface area contributed by atoms with Gasteiger partial charge in [-0.1, -0.05) is 24.3 Å². The largest absolute Gasteiger partial charge is 0.496 e. The van der Waals surface area contributed by atoms with Crippen LogP contribution in [0, 0.1) is 0 Å². The zero-order valence-corrected chi connectivity index (χ0v) is 10.1. The molecule has 0 spiro atoms. The maximum Gasteiger partial charge on any atom is 0.122 e. The van der Waals surface area contributed by atoms with Gasteiger partial charge in [0, 0.05) is 5.56 Å². The van der Waals surface area contributed by atoms with Crippen LogP contribution >= 0.6 is 0 Å². The molecule has 1 aliphatic carbocycles. The molecule has 0 amide bonds. The lowest BCUT2D eigenvalue weighted by atomic mass is 9.96. The second-order valence-electron chi connectivity index (χ2n) is 4.68. The first kappa shape index (κ1) is 10.6. The van der Waals surface area contributed by atoms with Crippen molar-refractivity contribution in [3.05, 3.63) is 41.5 Å². The lowest BCUT2D eigenvalue weighted by Crippen LogP contribution is -2.07. The van der Waals surface area contributed by atoms with Crippen LogP contribution < -0.4 is 10.5 Å². The molecule has 0 saturated heterocycles. The van der Waals surface area contributed by atoms with Crippen LogP contribution in [0.25, 0.3) is 10.8 Å². The number of ether oxygens (including phenoxy) is 1. The molecule has 2 nitrogen and oxygen atoms in total. The van der Waals surface area contributed by atoms with Crippen LogP contribution in [-0.4, -0.2) is 13.7 Å². The summed E-state index contributed by atoms with van der Waals surface area (Å²) in [5.41, 5.74) is 8.53. The fourth-order valence-corrected chi connectivity index (χ4v) is 3.03. The van der Waals surface area contributed by atoms with Crippen LogP contribution in [0.2, 0.25) is 0 Å². The van der Waals surface area contributed by atoms with Crippen molar-refractivity contribution in [3.63, 3.8) is 0 Å². The Balaban J connectivity index is 2.27. The van der Waals surface area contributed by atoms with Crippen LogP contribution in [0.3, 0.4) is 0 Å². The number of benzene rings is 2. The highest BCUT2D eigenvalue weighted by molar-refractivity contribution is 5.93. The van der Waals surface area contributed by atoms with Crippen LogP contribution in [-0.2, 0) is 6.42 Å². The summed E-state index contributed by atoms with van der Waals surface area (Å²) in [5.74, 6) is 1.54. The Morgan fingerprint density at radius 1 is 1.29 bits per heavy atom. The van der Waals surface area contributed by atoms with E-state index in [1.54, 1.807) is 7.11 Å². The van der Waals surface area contributed by atoms with Gasteiger partial charge in [0.05, 0.1) is 7.11 Å². The highest BCUT2D eigenvalue weighted by atomic mass is 16.5. The molecule has 0 aromatic heterocycles. The second-order valence-corrected chi connectivity index (χ2v) is 4.68. The molecule has 0 radical (unpaired) electrons. The molecule has 0 bridgehead atoms. The molecule has 0 saturated carbocycles. The third-order valence-corrected chi connectivity index (χ3v) is 3.74. The Hall–Kier alpha value is -1.54. The molecule has 2 N–H and O–H groups in total. The molecule has 88 valence electrons. The molecular weight excluding hydrogens is 210 g/mol. The first-order valence-corrected chi connectivity index (χ1v) is 6.13. The van der Waals surface area contributed by atoms with E-state index in [1.807, 2.05) is 0 Å². The van der Waals surface area contributed by atoms with E-state index >= 15 is 0 Å². The normalized spacial score (nSPS) is 17.6. The average molecular weight is 227 g/mol. The standard InChI is InChI=1S/C15H17NO/c1-17-13-6-5-10-3-2-4-11-9-12(7-8-16)15(13)14(10)11/h2-6,12H,7-9,16H2,1H3. The highest BCUT2D eigenvalue weighted by Gasteiger charge is 2.26. The number of hydrogen-bond acceptors (Lipinski definition) is 2. The van der Waals surface area contributed by atoms with Crippen molar-refractivity contribution < 1.29 is 4.74 Å². The van der Waals surface area contributed by atoms with Crippen molar-refractivity contribution in [2.45, 2.75) is 18.8 Å². The van der Waals surface area contributed by atoms with Crippen molar-refractivity contribution in [3.8, 4) is 5.75 Å². The molecule has 0 heterocycles. The summed E-state index contributed by atoms with van der Waals surface area (Å²) < 4.78 is 5.51. The first-order chi connectivity index (χ1) is 8.35. The molecule has 17 heavy (non-hydrogen) atoms. The fourth-order valence-electron chi connectivity index (χ4n) is 3.03. The number of rotatable bonds is 3. The summed E-state index contributed by atoms with van der Waals surface area (Å²) >= 11 is 0. The van der Waals surface area contributed by atoms with Gasteiger partial charge in [0.15, 0.2) is 0 Å². The van der Waals surface area contributed by atoms with Gasteiger partial charge in [-0.2, -0.15) is 0 Å². The van der Waals surface area contributed by atoms with Gasteiger partial charge >= 0.3 is 0 Å². The van der Waals surface area contributed by atoms with E-state index in [2.05, 4.69) is 30.3 Å². The fraction of sp³-hybridized carbons (Fsp3) is 0.333. The molecule has 1 aliphatic rings. The van der Waals surface area contributed by atoms with Gasteiger partial charge in [-0.15, -0.1) is 0 Å². The third kappa shape index (κ3) is 1.52. The van der Waals surface area contributed by atoms with E-state index in [9.17, 15) is 0 Å². The highest BCUT2D eigenvalue weighted by Crippen LogP contribution is 2.44. The van der Waals surface area contributed by atoms with Crippen molar-refractivity contribution in [1.29, 1.82) is 0 Å². The lowest BCUT2D eigenvalue weighted by Gasteiger charge is -2.14. The molecule has 2 aromatic rings. The molecule has 0 fully saturated rings. The van der Waals surface area contributed by atoms with Crippen LogP contribution in [0.5, 0.6) is 5.75 Å². The first-order valence-electron chi connectivity index (χ1n) is 6.13. The molecule has 1 unspecified atom stereocenters. The van der Waals surface area contributed by atoms with Gasteiger partial charge in [0.25, 0.3) is 0 Å². The second kappa shape index (κ2) is 4.04. The Labute approximate surface area is 101 Å². The summed E-state index contributed by atoms with van der Waals surface area (Å²) in [6, 6.07) is 10.8. The minimum Gasteiger partial charge on any atom is -0.496 e. The summed E-state index contributed by atoms with van der Waals surface area (Å²) in [4.78, 5) is 0. The van der Waals surface area contributed by atoms with Crippen LogP contribution in [0.4, 0.5) is 0 Å². The molecule has 1 atom stereocenters. The van der Waals surface area contributed by atoms with Gasteiger partial charge in [-0.05, 0) is 47.7 Å². The van der Waals surface area contributed by atoms with E-state index in [-0.39, 0.29) is 0 Å². The van der Waals surface area contributed by atoms with Crippen molar-refractivity contribution >= 4 is 10.8 Å². The predicted molar refractivity (Wildman–Crippen MR) is 70.6 cm³/mol. The minimum atomic E-state index is 0.524. The number of methoxy groups -OCH3 is 1. The molecular formula is C15H17NO. The summed E-state index contributed by atoms with van der Waals surface area (Å²) in [5, 5.41) is 2.71. The lowest BCUT2D eigenvalue weighted by molar-refractivity contribution is 0.406. The quantitative estimate of drug-likeness (QED) is 0.875. The zero-order valence-electron chi connectivity index (χ0n) is 10.1. The van der Waals surface area contributed by atoms with E-state index < -0.39 is 0 Å². The van der Waals surface area contributed by atoms with Crippen LogP contribution in [0.1, 0.15) is 23.5 Å². The predicted octanol–water partition coefficient (Wildman–Crippen LogP) is 2.84. The Morgan fingerprint density at radius 3 is 2.94 bits per heavy atom. The van der Waals surface area contributed by atoms with Gasteiger partial charge in [-0.3, -0.25) is 0 Å². The van der Waals surface area contributed by atoms with Crippen molar-refractivity contribution in [2.75, 3.05) is 13.7 Å². The maximum atomic E-state index is 5.72. The zero-order chi connectivity index (χ0) is 11.8. The molecule has 3 rings (SSSR count). The van der Waals surface area contributed by atoms with Gasteiger partial charge in [0.2, 0.25) is 0 Å². The number of hydrogen-bond donors (Lipinski definition) is 1. The molecule has 2 heteroatoms. The minimum absolute atomic E-state index is 0.524. The topological polar surface area (TPSA) is 35.2 Å². The van der Waals surface area contributed by atoms with E-state index in [0.717, 1.165) is 25.1 Å². The van der Waals surface area contributed by atoms with Crippen molar-refractivity contribution in [1.82, 2.24) is 0 Å². The summed E-state index contributed by atoms with van der Waals surface area (Å²) in [7, 11) is 1.75. The third-order valence-electron chi connectivity index (χ3n) is 3.74. The smallest absolute Gasteiger partial charge is 0.122 e. The van der Waals surface area contributed by atoms with E-state index in [4.69, 9.17) is 10.5 Å². The molecule has 2 aromatic carbocycles. The Bertz CT molecular complexity index is 562. The van der Waals surface area contributed by atoms with Crippen molar-refractivity contribution in [2.24, 2.45) is 5.73 Å². The monoisotopic (exact) mass is 227 g/mol. The summed E-state index contributed by atoms with van der Waals surface area (Å²) in [6.45, 7) is 0.734. The molecule has 0 aliphatic heterocycles. The van der Waals surface area contributed by atoms with E-state index in [0.29, 0.717) is 5.92 Å². The van der Waals surface area contributed by atoms with Gasteiger partial charge in [0.1, 0.15) is 5.75 Å². The summed E-state index contributed by atoms with van der Waals surface area (Å²) in [6.07, 6.45) is 2.13. The van der Waals surface area contributed by atoms with Gasteiger partial charge < -0.3 is 10.5 Å². The van der Waals surface area contributed by atoms with Gasteiger partial charge in [-0.25, -0.2) is 0 Å². The Morgan fingerprint density at radius 2 is 2.18 bits per heavy atom. The van der Waals surface area contributed by atoms with Crippen LogP contribution in [0.15, 0.2) is 30.3 Å². The van der Waals surface area contributed by atoms with E-state index in [1.165, 1.54) is 21.9 Å².